The Kier molecular flexibility index (Phi) is 3.40. The molecule has 0 bridgehead atoms. The van der Waals surface area contributed by atoms with Crippen molar-refractivity contribution in [3.63, 3.8) is 0 Å². The van der Waals surface area contributed by atoms with E-state index >= 15 is 0 Å². The highest BCUT2D eigenvalue weighted by Gasteiger charge is 2.26. The van der Waals surface area contributed by atoms with Gasteiger partial charge in [0, 0.05) is 0 Å². The summed E-state index contributed by atoms with van der Waals surface area (Å²) in [5.74, 6) is -0.581. The zero-order chi connectivity index (χ0) is 11.4. The SMILES string of the molecule is N=C(N)N(C(N)=O)C([C]=O)c1ccsc1. The topological polar surface area (TPSA) is 113 Å². The van der Waals surface area contributed by atoms with Crippen LogP contribution in [-0.2, 0) is 4.79 Å². The van der Waals surface area contributed by atoms with Crippen molar-refractivity contribution < 1.29 is 9.59 Å². The molecule has 79 valence electrons. The Hall–Kier alpha value is -1.89. The molecular weight excluding hydrogens is 216 g/mol. The highest BCUT2D eigenvalue weighted by Crippen LogP contribution is 2.20. The third-order valence-electron chi connectivity index (χ3n) is 1.73. The van der Waals surface area contributed by atoms with Gasteiger partial charge in [-0.05, 0) is 22.4 Å². The van der Waals surface area contributed by atoms with E-state index in [9.17, 15) is 9.59 Å². The number of thiophene rings is 1. The molecule has 1 heterocycles. The summed E-state index contributed by atoms with van der Waals surface area (Å²) in [6.45, 7) is 0. The van der Waals surface area contributed by atoms with Crippen LogP contribution in [0.15, 0.2) is 16.8 Å². The minimum absolute atomic E-state index is 0.531. The maximum Gasteiger partial charge on any atom is 0.322 e. The fraction of sp³-hybridized carbons (Fsp3) is 0.125. The number of urea groups is 1. The third-order valence-corrected chi connectivity index (χ3v) is 2.43. The summed E-state index contributed by atoms with van der Waals surface area (Å²) < 4.78 is 0. The predicted molar refractivity (Wildman–Crippen MR) is 56.1 cm³/mol. The lowest BCUT2D eigenvalue weighted by molar-refractivity contribution is 0.224. The van der Waals surface area contributed by atoms with Gasteiger partial charge in [0.15, 0.2) is 5.96 Å². The smallest absolute Gasteiger partial charge is 0.322 e. The first kappa shape index (κ1) is 11.2. The minimum atomic E-state index is -1.05. The zero-order valence-electron chi connectivity index (χ0n) is 7.64. The van der Waals surface area contributed by atoms with Crippen LogP contribution in [0.5, 0.6) is 0 Å². The average Bonchev–Trinajstić information content (AvgIpc) is 2.64. The first-order valence-electron chi connectivity index (χ1n) is 3.90. The largest absolute Gasteiger partial charge is 0.370 e. The van der Waals surface area contributed by atoms with E-state index in [2.05, 4.69) is 0 Å². The van der Waals surface area contributed by atoms with Crippen molar-refractivity contribution in [3.05, 3.63) is 22.4 Å². The minimum Gasteiger partial charge on any atom is -0.370 e. The molecule has 0 aliphatic carbocycles. The van der Waals surface area contributed by atoms with Gasteiger partial charge in [-0.1, -0.05) is 0 Å². The standard InChI is InChI=1S/C8H9N4O2S/c9-7(10)12(8(11)14)6(3-13)5-1-2-15-4-5/h1-2,4,6H,(H3,9,10)(H2,11,14). The molecule has 0 saturated carbocycles. The van der Waals surface area contributed by atoms with Gasteiger partial charge >= 0.3 is 6.03 Å². The molecule has 1 radical (unpaired) electrons. The van der Waals surface area contributed by atoms with Crippen molar-refractivity contribution in [1.29, 1.82) is 5.41 Å². The van der Waals surface area contributed by atoms with Crippen molar-refractivity contribution in [3.8, 4) is 0 Å². The summed E-state index contributed by atoms with van der Waals surface area (Å²) in [5, 5.41) is 10.5. The van der Waals surface area contributed by atoms with Gasteiger partial charge in [0.1, 0.15) is 6.04 Å². The van der Waals surface area contributed by atoms with Crippen molar-refractivity contribution in [2.45, 2.75) is 6.04 Å². The van der Waals surface area contributed by atoms with E-state index in [1.54, 1.807) is 23.1 Å². The van der Waals surface area contributed by atoms with Crippen molar-refractivity contribution >= 4 is 29.6 Å². The Morgan fingerprint density at radius 1 is 1.60 bits per heavy atom. The normalized spacial score (nSPS) is 11.7. The molecule has 5 N–H and O–H groups in total. The average molecular weight is 225 g/mol. The monoisotopic (exact) mass is 225 g/mol. The van der Waals surface area contributed by atoms with Crippen LogP contribution >= 0.6 is 11.3 Å². The molecule has 7 heteroatoms. The van der Waals surface area contributed by atoms with Crippen LogP contribution in [0.25, 0.3) is 0 Å². The molecule has 15 heavy (non-hydrogen) atoms. The molecule has 0 aliphatic rings. The first-order chi connectivity index (χ1) is 7.07. The maximum atomic E-state index is 11.0. The fourth-order valence-corrected chi connectivity index (χ4v) is 1.76. The molecule has 0 fully saturated rings. The van der Waals surface area contributed by atoms with Crippen LogP contribution in [0.2, 0.25) is 0 Å². The highest BCUT2D eigenvalue weighted by atomic mass is 32.1. The van der Waals surface area contributed by atoms with E-state index in [1.165, 1.54) is 11.3 Å². The van der Waals surface area contributed by atoms with Gasteiger partial charge in [-0.25, -0.2) is 9.69 Å². The lowest BCUT2D eigenvalue weighted by atomic mass is 10.1. The highest BCUT2D eigenvalue weighted by molar-refractivity contribution is 7.08. The number of guanidine groups is 1. The molecule has 1 unspecified atom stereocenters. The summed E-state index contributed by atoms with van der Waals surface area (Å²) in [5.41, 5.74) is 10.7. The van der Waals surface area contributed by atoms with Crippen LogP contribution in [0.4, 0.5) is 4.79 Å². The maximum absolute atomic E-state index is 11.0. The second-order valence-corrected chi connectivity index (χ2v) is 3.45. The number of rotatable bonds is 3. The van der Waals surface area contributed by atoms with Crippen LogP contribution in [0.3, 0.4) is 0 Å². The van der Waals surface area contributed by atoms with E-state index < -0.39 is 18.0 Å². The van der Waals surface area contributed by atoms with E-state index in [4.69, 9.17) is 16.9 Å². The molecular formula is C8H9N4O2S. The van der Waals surface area contributed by atoms with Crippen LogP contribution < -0.4 is 11.5 Å². The number of primary amides is 1. The van der Waals surface area contributed by atoms with Gasteiger partial charge < -0.3 is 11.5 Å². The number of nitrogens with zero attached hydrogens (tertiary/aromatic N) is 1. The number of hydrogen-bond donors (Lipinski definition) is 3. The number of carbonyl (C=O) groups is 1. The molecule has 1 rings (SSSR count). The van der Waals surface area contributed by atoms with E-state index in [0.29, 0.717) is 10.5 Å². The van der Waals surface area contributed by atoms with Gasteiger partial charge in [-0.2, -0.15) is 11.3 Å². The lowest BCUT2D eigenvalue weighted by Gasteiger charge is -2.22. The number of carbonyl (C=O) groups excluding carboxylic acids is 2. The predicted octanol–water partition coefficient (Wildman–Crippen LogP) is 0.173. The molecule has 1 aromatic rings. The van der Waals surface area contributed by atoms with E-state index in [1.807, 2.05) is 0 Å². The number of hydrogen-bond acceptors (Lipinski definition) is 4. The Morgan fingerprint density at radius 2 is 2.27 bits per heavy atom. The first-order valence-corrected chi connectivity index (χ1v) is 4.84. The number of nitrogens with two attached hydrogens (primary N) is 2. The van der Waals surface area contributed by atoms with Crippen molar-refractivity contribution in [1.82, 2.24) is 4.90 Å². The van der Waals surface area contributed by atoms with Crippen LogP contribution in [-0.4, -0.2) is 23.2 Å². The second kappa shape index (κ2) is 4.56. The number of amides is 2. The van der Waals surface area contributed by atoms with E-state index in [-0.39, 0.29) is 0 Å². The Bertz CT molecular complexity index is 362. The zero-order valence-corrected chi connectivity index (χ0v) is 8.45. The van der Waals surface area contributed by atoms with Crippen molar-refractivity contribution in [2.24, 2.45) is 11.5 Å². The Morgan fingerprint density at radius 3 is 2.60 bits per heavy atom. The summed E-state index contributed by atoms with van der Waals surface area (Å²) >= 11 is 1.36. The van der Waals surface area contributed by atoms with Crippen LogP contribution in [0.1, 0.15) is 11.6 Å². The fourth-order valence-electron chi connectivity index (χ4n) is 1.09. The van der Waals surface area contributed by atoms with Crippen molar-refractivity contribution in [2.75, 3.05) is 0 Å². The lowest BCUT2D eigenvalue weighted by Crippen LogP contribution is -2.47. The molecule has 0 aromatic carbocycles. The van der Waals surface area contributed by atoms with Gasteiger partial charge in [0.25, 0.3) is 0 Å². The van der Waals surface area contributed by atoms with Gasteiger partial charge in [0.05, 0.1) is 0 Å². The molecule has 6 nitrogen and oxygen atoms in total. The van der Waals surface area contributed by atoms with E-state index in [0.717, 1.165) is 0 Å². The molecule has 0 aliphatic heterocycles. The van der Waals surface area contributed by atoms with Gasteiger partial charge in [-0.15, -0.1) is 0 Å². The Labute approximate surface area is 90.0 Å². The third kappa shape index (κ3) is 2.32. The summed E-state index contributed by atoms with van der Waals surface area (Å²) in [7, 11) is 0. The molecule has 2 amide bonds. The van der Waals surface area contributed by atoms with Crippen LogP contribution in [0, 0.1) is 5.41 Å². The quantitative estimate of drug-likeness (QED) is 0.503. The van der Waals surface area contributed by atoms with Gasteiger partial charge in [0.2, 0.25) is 6.29 Å². The molecule has 1 atom stereocenters. The molecule has 0 saturated heterocycles. The molecule has 0 spiro atoms. The summed E-state index contributed by atoms with van der Waals surface area (Å²) in [4.78, 5) is 22.4. The Balaban J connectivity index is 3.04. The summed E-state index contributed by atoms with van der Waals surface area (Å²) in [6.07, 6.45) is 1.63. The second-order valence-electron chi connectivity index (χ2n) is 2.67. The van der Waals surface area contributed by atoms with Gasteiger partial charge in [-0.3, -0.25) is 10.2 Å². The summed E-state index contributed by atoms with van der Waals surface area (Å²) in [6, 6.07) is -0.368. The number of nitrogens with one attached hydrogen (secondary N) is 1. The molecule has 1 aromatic heterocycles.